The molecule has 35 heavy (non-hydrogen) atoms. The van der Waals surface area contributed by atoms with Crippen molar-refractivity contribution >= 4 is 21.7 Å². The first-order chi connectivity index (χ1) is 16.8. The molecule has 3 aromatic rings. The van der Waals surface area contributed by atoms with E-state index in [0.717, 1.165) is 18.7 Å². The van der Waals surface area contributed by atoms with E-state index >= 15 is 0 Å². The molecule has 5 rings (SSSR count). The fourth-order valence-electron chi connectivity index (χ4n) is 4.19. The van der Waals surface area contributed by atoms with Crippen molar-refractivity contribution in [3.8, 4) is 11.4 Å². The molecule has 2 fully saturated rings. The van der Waals surface area contributed by atoms with Crippen LogP contribution in [0.1, 0.15) is 37.1 Å². The summed E-state index contributed by atoms with van der Waals surface area (Å²) in [7, 11) is -3.96. The summed E-state index contributed by atoms with van der Waals surface area (Å²) in [6.07, 6.45) is 3.80. The summed E-state index contributed by atoms with van der Waals surface area (Å²) in [6.45, 7) is 5.56. The highest BCUT2D eigenvalue weighted by Gasteiger charge is 2.31. The van der Waals surface area contributed by atoms with Gasteiger partial charge in [-0.2, -0.15) is 9.71 Å². The molecule has 0 spiro atoms. The molecule has 1 amide bonds. The normalized spacial score (nSPS) is 17.4. The molecule has 0 unspecified atom stereocenters. The van der Waals surface area contributed by atoms with Crippen LogP contribution < -0.4 is 9.62 Å². The summed E-state index contributed by atoms with van der Waals surface area (Å²) in [5, 5.41) is 4.01. The van der Waals surface area contributed by atoms with Crippen molar-refractivity contribution in [3.05, 3.63) is 54.0 Å². The largest absolute Gasteiger partial charge is 0.353 e. The van der Waals surface area contributed by atoms with E-state index in [1.165, 1.54) is 6.07 Å². The van der Waals surface area contributed by atoms with Crippen LogP contribution in [0.25, 0.3) is 11.4 Å². The molecule has 1 aliphatic carbocycles. The second-order valence-electron chi connectivity index (χ2n) is 9.05. The predicted molar refractivity (Wildman–Crippen MR) is 129 cm³/mol. The van der Waals surface area contributed by atoms with E-state index in [0.29, 0.717) is 54.9 Å². The molecule has 0 radical (unpaired) electrons. The van der Waals surface area contributed by atoms with Crippen molar-refractivity contribution < 1.29 is 17.7 Å². The fraction of sp³-hybridized carbons (Fsp3) is 0.417. The number of rotatable bonds is 7. The van der Waals surface area contributed by atoms with Gasteiger partial charge < -0.3 is 14.3 Å². The lowest BCUT2D eigenvalue weighted by atomic mass is 10.1. The van der Waals surface area contributed by atoms with Gasteiger partial charge in [-0.3, -0.25) is 4.79 Å². The SMILES string of the molecule is Cc1ccc(-c2noc(C3CC3)n2)cc1S(=O)(=O)N[C@@H](C)C(=O)N1CCN(c2ccccn2)CC1. The number of hydrogen-bond donors (Lipinski definition) is 1. The second kappa shape index (κ2) is 9.38. The maximum Gasteiger partial charge on any atom is 0.241 e. The number of nitrogens with one attached hydrogen (secondary N) is 1. The van der Waals surface area contributed by atoms with E-state index in [-0.39, 0.29) is 10.8 Å². The summed E-state index contributed by atoms with van der Waals surface area (Å²) >= 11 is 0. The molecule has 1 saturated carbocycles. The van der Waals surface area contributed by atoms with E-state index in [2.05, 4.69) is 24.7 Å². The number of carbonyl (C=O) groups is 1. The molecule has 2 aliphatic rings. The number of pyridine rings is 1. The van der Waals surface area contributed by atoms with E-state index in [1.54, 1.807) is 37.1 Å². The van der Waals surface area contributed by atoms with E-state index in [4.69, 9.17) is 4.52 Å². The predicted octanol–water partition coefficient (Wildman–Crippen LogP) is 2.33. The van der Waals surface area contributed by atoms with Crippen LogP contribution in [0.3, 0.4) is 0 Å². The number of amides is 1. The molecule has 1 aromatic carbocycles. The molecule has 3 heterocycles. The lowest BCUT2D eigenvalue weighted by Gasteiger charge is -2.36. The first-order valence-electron chi connectivity index (χ1n) is 11.7. The Hall–Kier alpha value is -3.31. The molecule has 1 saturated heterocycles. The molecule has 1 N–H and O–H groups in total. The van der Waals surface area contributed by atoms with Crippen molar-refractivity contribution in [2.45, 2.75) is 43.5 Å². The van der Waals surface area contributed by atoms with Crippen LogP contribution in [0.5, 0.6) is 0 Å². The van der Waals surface area contributed by atoms with Gasteiger partial charge in [-0.1, -0.05) is 23.4 Å². The minimum Gasteiger partial charge on any atom is -0.353 e. The number of anilines is 1. The molecular weight excluding hydrogens is 468 g/mol. The minimum atomic E-state index is -3.96. The summed E-state index contributed by atoms with van der Waals surface area (Å²) in [5.74, 6) is 1.87. The van der Waals surface area contributed by atoms with Gasteiger partial charge >= 0.3 is 0 Å². The zero-order valence-electron chi connectivity index (χ0n) is 19.7. The first-order valence-corrected chi connectivity index (χ1v) is 13.2. The number of nitrogens with zero attached hydrogens (tertiary/aromatic N) is 5. The molecule has 0 bridgehead atoms. The van der Waals surface area contributed by atoms with Crippen LogP contribution in [0.2, 0.25) is 0 Å². The van der Waals surface area contributed by atoms with Crippen molar-refractivity contribution in [2.24, 2.45) is 0 Å². The van der Waals surface area contributed by atoms with Gasteiger partial charge in [-0.25, -0.2) is 13.4 Å². The molecule has 184 valence electrons. The van der Waals surface area contributed by atoms with Crippen LogP contribution in [0.4, 0.5) is 5.82 Å². The second-order valence-corrected chi connectivity index (χ2v) is 10.7. The van der Waals surface area contributed by atoms with Gasteiger partial charge in [0.05, 0.1) is 10.9 Å². The van der Waals surface area contributed by atoms with Crippen LogP contribution in [-0.2, 0) is 14.8 Å². The number of carbonyl (C=O) groups excluding carboxylic acids is 1. The van der Waals surface area contributed by atoms with E-state index in [9.17, 15) is 13.2 Å². The number of piperazine rings is 1. The van der Waals surface area contributed by atoms with Crippen LogP contribution in [0, 0.1) is 6.92 Å². The summed E-state index contributed by atoms with van der Waals surface area (Å²) in [5.41, 5.74) is 1.12. The van der Waals surface area contributed by atoms with Crippen molar-refractivity contribution in [2.75, 3.05) is 31.1 Å². The highest BCUT2D eigenvalue weighted by atomic mass is 32.2. The van der Waals surface area contributed by atoms with Gasteiger partial charge in [0, 0.05) is 43.9 Å². The lowest BCUT2D eigenvalue weighted by Crippen LogP contribution is -2.54. The number of hydrogen-bond acceptors (Lipinski definition) is 8. The fourth-order valence-corrected chi connectivity index (χ4v) is 5.66. The molecule has 1 atom stereocenters. The van der Waals surface area contributed by atoms with Gasteiger partial charge in [0.25, 0.3) is 0 Å². The maximum absolute atomic E-state index is 13.2. The van der Waals surface area contributed by atoms with Crippen LogP contribution in [0.15, 0.2) is 52.0 Å². The zero-order valence-corrected chi connectivity index (χ0v) is 20.5. The molecular formula is C24H28N6O4S. The lowest BCUT2D eigenvalue weighted by molar-refractivity contribution is -0.132. The van der Waals surface area contributed by atoms with E-state index in [1.807, 2.05) is 18.2 Å². The molecule has 10 nitrogen and oxygen atoms in total. The smallest absolute Gasteiger partial charge is 0.241 e. The van der Waals surface area contributed by atoms with Gasteiger partial charge in [-0.15, -0.1) is 0 Å². The highest BCUT2D eigenvalue weighted by Crippen LogP contribution is 2.39. The summed E-state index contributed by atoms with van der Waals surface area (Å²) in [4.78, 5) is 25.7. The number of aromatic nitrogens is 3. The Morgan fingerprint density at radius 2 is 1.91 bits per heavy atom. The van der Waals surface area contributed by atoms with Crippen molar-refractivity contribution in [3.63, 3.8) is 0 Å². The average molecular weight is 497 g/mol. The molecule has 2 aromatic heterocycles. The number of aryl methyl sites for hydroxylation is 1. The minimum absolute atomic E-state index is 0.0902. The van der Waals surface area contributed by atoms with Crippen molar-refractivity contribution in [1.82, 2.24) is 24.7 Å². The third kappa shape index (κ3) is 5.06. The molecule has 11 heteroatoms. The Balaban J connectivity index is 1.25. The third-order valence-corrected chi connectivity index (χ3v) is 8.05. The Labute approximate surface area is 204 Å². The van der Waals surface area contributed by atoms with Crippen LogP contribution in [-0.4, -0.2) is 66.6 Å². The highest BCUT2D eigenvalue weighted by molar-refractivity contribution is 7.89. The Morgan fingerprint density at radius 3 is 2.60 bits per heavy atom. The van der Waals surface area contributed by atoms with Crippen molar-refractivity contribution in [1.29, 1.82) is 0 Å². The Bertz CT molecular complexity index is 1310. The van der Waals surface area contributed by atoms with Gasteiger partial charge in [0.1, 0.15) is 5.82 Å². The van der Waals surface area contributed by atoms with E-state index < -0.39 is 16.1 Å². The monoisotopic (exact) mass is 496 g/mol. The average Bonchev–Trinajstić information content (AvgIpc) is 3.60. The quantitative estimate of drug-likeness (QED) is 0.529. The third-order valence-electron chi connectivity index (χ3n) is 6.37. The number of sulfonamides is 1. The first kappa shape index (κ1) is 23.4. The maximum atomic E-state index is 13.2. The van der Waals surface area contributed by atoms with Gasteiger partial charge in [0.15, 0.2) is 0 Å². The zero-order chi connectivity index (χ0) is 24.6. The Morgan fingerprint density at radius 1 is 1.14 bits per heavy atom. The summed E-state index contributed by atoms with van der Waals surface area (Å²) in [6, 6.07) is 9.83. The number of benzene rings is 1. The summed E-state index contributed by atoms with van der Waals surface area (Å²) < 4.78 is 34.3. The topological polar surface area (TPSA) is 122 Å². The standard InChI is InChI=1S/C24H28N6O4S/c1-16-6-7-19(22-26-23(34-27-22)18-8-9-18)15-20(16)35(32,33)28-17(2)24(31)30-13-11-29(12-14-30)21-5-3-4-10-25-21/h3-7,10,15,17-18,28H,8-9,11-14H2,1-2H3/t17-/m0/s1. The Kier molecular flexibility index (Phi) is 6.28. The van der Waals surface area contributed by atoms with Crippen LogP contribution >= 0.6 is 0 Å². The van der Waals surface area contributed by atoms with Gasteiger partial charge in [0.2, 0.25) is 27.6 Å². The van der Waals surface area contributed by atoms with Gasteiger partial charge in [-0.05, 0) is 50.5 Å². The molecule has 1 aliphatic heterocycles.